The largest absolute Gasteiger partial charge is 0.352 e. The fourth-order valence-electron chi connectivity index (χ4n) is 2.41. The summed E-state index contributed by atoms with van der Waals surface area (Å²) < 4.78 is 14.8. The number of amides is 3. The number of urea groups is 1. The zero-order valence-corrected chi connectivity index (χ0v) is 14.7. The molecule has 1 aromatic heterocycles. The number of carbonyl (C=O) groups excluding carboxylic acids is 2. The van der Waals surface area contributed by atoms with E-state index in [0.717, 1.165) is 0 Å². The molecular weight excluding hydrogens is 341 g/mol. The van der Waals surface area contributed by atoms with Crippen LogP contribution >= 0.6 is 0 Å². The van der Waals surface area contributed by atoms with Crippen molar-refractivity contribution in [2.75, 3.05) is 19.6 Å². The highest BCUT2D eigenvalue weighted by Gasteiger charge is 2.24. The highest BCUT2D eigenvalue weighted by molar-refractivity contribution is 5.80. The summed E-state index contributed by atoms with van der Waals surface area (Å²) in [6, 6.07) is 5.01. The molecule has 0 fully saturated rings. The van der Waals surface area contributed by atoms with Gasteiger partial charge >= 0.3 is 6.03 Å². The minimum absolute atomic E-state index is 0.235. The minimum atomic E-state index is -0.726. The van der Waals surface area contributed by atoms with Crippen molar-refractivity contribution in [1.29, 1.82) is 0 Å². The van der Waals surface area contributed by atoms with Crippen LogP contribution in [0.15, 0.2) is 24.3 Å². The number of benzene rings is 1. The molecule has 0 bridgehead atoms. The van der Waals surface area contributed by atoms with Gasteiger partial charge in [-0.15, -0.1) is 5.10 Å². The first-order valence-electron chi connectivity index (χ1n) is 8.29. The first-order chi connectivity index (χ1) is 12.5. The number of nitrogens with zero attached hydrogens (tertiary/aromatic N) is 4. The summed E-state index contributed by atoms with van der Waals surface area (Å²) in [6.07, 6.45) is 0.235. The number of rotatable bonds is 8. The molecule has 0 saturated carbocycles. The molecule has 10 heteroatoms. The average Bonchev–Trinajstić information content (AvgIpc) is 3.02. The Morgan fingerprint density at radius 2 is 2.00 bits per heavy atom. The van der Waals surface area contributed by atoms with Crippen molar-refractivity contribution in [3.63, 3.8) is 0 Å². The van der Waals surface area contributed by atoms with Crippen molar-refractivity contribution in [1.82, 2.24) is 36.2 Å². The highest BCUT2D eigenvalue weighted by Crippen LogP contribution is 2.16. The molecule has 1 atom stereocenters. The second-order valence-corrected chi connectivity index (χ2v) is 5.60. The van der Waals surface area contributed by atoms with Crippen LogP contribution in [0.2, 0.25) is 0 Å². The minimum Gasteiger partial charge on any atom is -0.352 e. The van der Waals surface area contributed by atoms with Crippen molar-refractivity contribution in [3.05, 3.63) is 41.5 Å². The normalized spacial score (nSPS) is 11.7. The number of nitrogens with one attached hydrogen (secondary N) is 3. The van der Waals surface area contributed by atoms with E-state index in [4.69, 9.17) is 0 Å². The highest BCUT2D eigenvalue weighted by atomic mass is 19.1. The van der Waals surface area contributed by atoms with Crippen LogP contribution in [0.3, 0.4) is 0 Å². The Hall–Kier alpha value is -3.04. The van der Waals surface area contributed by atoms with Gasteiger partial charge in [-0.05, 0) is 42.0 Å². The summed E-state index contributed by atoms with van der Waals surface area (Å²) >= 11 is 0. The summed E-state index contributed by atoms with van der Waals surface area (Å²) in [6.45, 7) is 4.54. The van der Waals surface area contributed by atoms with E-state index < -0.39 is 6.04 Å². The van der Waals surface area contributed by atoms with Gasteiger partial charge in [0, 0.05) is 26.1 Å². The molecule has 0 radical (unpaired) electrons. The fourth-order valence-corrected chi connectivity index (χ4v) is 2.41. The van der Waals surface area contributed by atoms with E-state index in [1.165, 1.54) is 16.8 Å². The van der Waals surface area contributed by atoms with E-state index >= 15 is 0 Å². The van der Waals surface area contributed by atoms with E-state index in [-0.39, 0.29) is 37.3 Å². The SMILES string of the molecule is CCNC(=O)NCCNC(=O)C(Cc1cccc(F)c1)n1nnnc1C. The average molecular weight is 363 g/mol. The summed E-state index contributed by atoms with van der Waals surface area (Å²) in [5.74, 6) is -0.217. The molecule has 0 saturated heterocycles. The zero-order chi connectivity index (χ0) is 18.9. The van der Waals surface area contributed by atoms with Gasteiger partial charge in [-0.3, -0.25) is 4.79 Å². The number of aromatic nitrogens is 4. The van der Waals surface area contributed by atoms with E-state index in [1.54, 1.807) is 19.1 Å². The van der Waals surface area contributed by atoms with Gasteiger partial charge in [0.15, 0.2) is 0 Å². The topological polar surface area (TPSA) is 114 Å². The molecule has 140 valence electrons. The molecule has 0 aliphatic rings. The smallest absolute Gasteiger partial charge is 0.314 e. The van der Waals surface area contributed by atoms with Crippen LogP contribution in [-0.2, 0) is 11.2 Å². The molecule has 26 heavy (non-hydrogen) atoms. The Bertz CT molecular complexity index is 750. The lowest BCUT2D eigenvalue weighted by atomic mass is 10.1. The zero-order valence-electron chi connectivity index (χ0n) is 14.7. The third-order valence-corrected chi connectivity index (χ3v) is 3.62. The van der Waals surface area contributed by atoms with Crippen LogP contribution in [-0.4, -0.2) is 51.8 Å². The third kappa shape index (κ3) is 5.50. The van der Waals surface area contributed by atoms with Gasteiger partial charge in [-0.25, -0.2) is 13.9 Å². The summed E-state index contributed by atoms with van der Waals surface area (Å²) in [5.41, 5.74) is 0.653. The van der Waals surface area contributed by atoms with Crippen molar-refractivity contribution in [2.45, 2.75) is 26.3 Å². The Labute approximate surface area is 150 Å². The van der Waals surface area contributed by atoms with Gasteiger partial charge in [-0.2, -0.15) is 0 Å². The lowest BCUT2D eigenvalue weighted by Gasteiger charge is -2.18. The number of aryl methyl sites for hydroxylation is 1. The van der Waals surface area contributed by atoms with Crippen LogP contribution in [0.1, 0.15) is 24.4 Å². The van der Waals surface area contributed by atoms with Crippen LogP contribution < -0.4 is 16.0 Å². The van der Waals surface area contributed by atoms with Crippen molar-refractivity contribution < 1.29 is 14.0 Å². The van der Waals surface area contributed by atoms with Crippen LogP contribution in [0.25, 0.3) is 0 Å². The molecule has 2 aromatic rings. The number of halogens is 1. The van der Waals surface area contributed by atoms with E-state index in [1.807, 2.05) is 6.92 Å². The Balaban J connectivity index is 2.01. The maximum Gasteiger partial charge on any atom is 0.314 e. The van der Waals surface area contributed by atoms with E-state index in [2.05, 4.69) is 31.5 Å². The van der Waals surface area contributed by atoms with Gasteiger partial charge in [0.1, 0.15) is 17.7 Å². The maximum atomic E-state index is 13.4. The predicted molar refractivity (Wildman–Crippen MR) is 91.8 cm³/mol. The van der Waals surface area contributed by atoms with Crippen LogP contribution in [0.5, 0.6) is 0 Å². The summed E-state index contributed by atoms with van der Waals surface area (Å²) in [4.78, 5) is 23.9. The number of carbonyl (C=O) groups is 2. The van der Waals surface area contributed by atoms with Crippen molar-refractivity contribution in [2.24, 2.45) is 0 Å². The molecule has 3 N–H and O–H groups in total. The molecule has 9 nitrogen and oxygen atoms in total. The number of hydrogen-bond donors (Lipinski definition) is 3. The lowest BCUT2D eigenvalue weighted by Crippen LogP contribution is -2.42. The van der Waals surface area contributed by atoms with Crippen LogP contribution in [0.4, 0.5) is 9.18 Å². The molecule has 1 unspecified atom stereocenters. The first kappa shape index (κ1) is 19.3. The maximum absolute atomic E-state index is 13.4. The van der Waals surface area contributed by atoms with Gasteiger partial charge in [-0.1, -0.05) is 12.1 Å². The summed E-state index contributed by atoms with van der Waals surface area (Å²) in [5, 5.41) is 19.2. The van der Waals surface area contributed by atoms with Crippen LogP contribution in [0, 0.1) is 12.7 Å². The van der Waals surface area contributed by atoms with E-state index in [0.29, 0.717) is 17.9 Å². The molecule has 0 spiro atoms. The summed E-state index contributed by atoms with van der Waals surface area (Å²) in [7, 11) is 0. The molecule has 1 aromatic carbocycles. The van der Waals surface area contributed by atoms with Gasteiger partial charge in [0.05, 0.1) is 0 Å². The Kier molecular flexibility index (Phi) is 7.01. The number of hydrogen-bond acceptors (Lipinski definition) is 5. The van der Waals surface area contributed by atoms with E-state index in [9.17, 15) is 14.0 Å². The monoisotopic (exact) mass is 363 g/mol. The Morgan fingerprint density at radius 1 is 1.23 bits per heavy atom. The second kappa shape index (κ2) is 9.44. The molecule has 0 aliphatic carbocycles. The fraction of sp³-hybridized carbons (Fsp3) is 0.438. The number of tetrazole rings is 1. The molecule has 0 aliphatic heterocycles. The molecular formula is C16H22FN7O2. The van der Waals surface area contributed by atoms with Gasteiger partial charge in [0.25, 0.3) is 0 Å². The first-order valence-corrected chi connectivity index (χ1v) is 8.29. The van der Waals surface area contributed by atoms with Crippen molar-refractivity contribution >= 4 is 11.9 Å². The lowest BCUT2D eigenvalue weighted by molar-refractivity contribution is -0.124. The molecule has 2 rings (SSSR count). The Morgan fingerprint density at radius 3 is 2.65 bits per heavy atom. The van der Waals surface area contributed by atoms with Gasteiger partial charge in [0.2, 0.25) is 5.91 Å². The second-order valence-electron chi connectivity index (χ2n) is 5.60. The van der Waals surface area contributed by atoms with Gasteiger partial charge < -0.3 is 16.0 Å². The predicted octanol–water partition coefficient (Wildman–Crippen LogP) is 0.340. The standard InChI is InChI=1S/C16H22FN7O2/c1-3-18-16(26)20-8-7-19-15(25)14(24-11(2)21-22-23-24)10-12-5-4-6-13(17)9-12/h4-6,9,14H,3,7-8,10H2,1-2H3,(H,19,25)(H2,18,20,26). The quantitative estimate of drug-likeness (QED) is 0.585. The third-order valence-electron chi connectivity index (χ3n) is 3.62. The van der Waals surface area contributed by atoms with Crippen molar-refractivity contribution in [3.8, 4) is 0 Å². The molecule has 1 heterocycles. The molecule has 3 amide bonds.